The van der Waals surface area contributed by atoms with E-state index in [2.05, 4.69) is 22.3 Å². The lowest BCUT2D eigenvalue weighted by molar-refractivity contribution is -0.124. The van der Waals surface area contributed by atoms with Gasteiger partial charge in [-0.3, -0.25) is 9.59 Å². The number of hydrogen-bond donors (Lipinski definition) is 1. The van der Waals surface area contributed by atoms with Crippen LogP contribution in [0.2, 0.25) is 0 Å². The van der Waals surface area contributed by atoms with E-state index in [-0.39, 0.29) is 17.7 Å². The van der Waals surface area contributed by atoms with Gasteiger partial charge in [0.15, 0.2) is 0 Å². The molecule has 3 rings (SSSR count). The molecule has 1 atom stereocenters. The largest absolute Gasteiger partial charge is 0.371 e. The molecule has 2 amide bonds. The molecule has 1 aromatic rings. The number of carbonyl (C=O) groups is 2. The van der Waals surface area contributed by atoms with Gasteiger partial charge in [0.25, 0.3) is 5.91 Å². The van der Waals surface area contributed by atoms with Crippen LogP contribution in [-0.2, 0) is 4.79 Å². The summed E-state index contributed by atoms with van der Waals surface area (Å²) in [6, 6.07) is 6.25. The molecule has 5 heteroatoms. The smallest absolute Gasteiger partial charge is 0.255 e. The van der Waals surface area contributed by atoms with Crippen molar-refractivity contribution in [2.75, 3.05) is 37.6 Å². The Morgan fingerprint density at radius 3 is 2.59 bits per heavy atom. The zero-order chi connectivity index (χ0) is 19.4. The maximum absolute atomic E-state index is 13.3. The number of nitrogens with zero attached hydrogens (tertiary/aromatic N) is 2. The number of anilines is 1. The van der Waals surface area contributed by atoms with E-state index in [0.29, 0.717) is 12.5 Å². The molecule has 0 bridgehead atoms. The molecule has 2 aliphatic heterocycles. The van der Waals surface area contributed by atoms with Gasteiger partial charge in [0, 0.05) is 44.3 Å². The molecule has 5 nitrogen and oxygen atoms in total. The number of piperidine rings is 1. The van der Waals surface area contributed by atoms with Crippen molar-refractivity contribution in [3.05, 3.63) is 29.3 Å². The predicted molar refractivity (Wildman–Crippen MR) is 109 cm³/mol. The highest BCUT2D eigenvalue weighted by atomic mass is 16.2. The summed E-state index contributed by atoms with van der Waals surface area (Å²) in [7, 11) is 0. The lowest BCUT2D eigenvalue weighted by Gasteiger charge is -2.34. The molecule has 2 saturated heterocycles. The number of benzene rings is 1. The SMILES string of the molecule is Cc1ccc(N2CCCC2)c(C(=O)N2CCCC(CNC(=O)C(C)C)C2)c1. The molecule has 2 heterocycles. The molecular weight excluding hydrogens is 338 g/mol. The van der Waals surface area contributed by atoms with E-state index in [1.165, 1.54) is 12.8 Å². The summed E-state index contributed by atoms with van der Waals surface area (Å²) in [5.74, 6) is 0.570. The zero-order valence-corrected chi connectivity index (χ0v) is 17.0. The number of nitrogens with one attached hydrogen (secondary N) is 1. The first-order valence-corrected chi connectivity index (χ1v) is 10.4. The average Bonchev–Trinajstić information content (AvgIpc) is 3.20. The lowest BCUT2D eigenvalue weighted by Crippen LogP contribution is -2.44. The summed E-state index contributed by atoms with van der Waals surface area (Å²) in [5, 5.41) is 3.03. The van der Waals surface area contributed by atoms with Gasteiger partial charge >= 0.3 is 0 Å². The van der Waals surface area contributed by atoms with E-state index < -0.39 is 0 Å². The maximum Gasteiger partial charge on any atom is 0.255 e. The molecule has 0 saturated carbocycles. The monoisotopic (exact) mass is 371 g/mol. The third kappa shape index (κ3) is 4.82. The van der Waals surface area contributed by atoms with E-state index in [4.69, 9.17) is 0 Å². The van der Waals surface area contributed by atoms with E-state index in [1.54, 1.807) is 0 Å². The summed E-state index contributed by atoms with van der Waals surface area (Å²) < 4.78 is 0. The minimum atomic E-state index is 0.00152. The van der Waals surface area contributed by atoms with Crippen LogP contribution in [0.1, 0.15) is 55.5 Å². The summed E-state index contributed by atoms with van der Waals surface area (Å²) in [6.07, 6.45) is 4.46. The Hall–Kier alpha value is -2.04. The second-order valence-corrected chi connectivity index (χ2v) is 8.37. The Morgan fingerprint density at radius 2 is 1.89 bits per heavy atom. The first-order chi connectivity index (χ1) is 13.0. The summed E-state index contributed by atoms with van der Waals surface area (Å²) in [5.41, 5.74) is 3.04. The van der Waals surface area contributed by atoms with Crippen molar-refractivity contribution in [2.45, 2.75) is 46.5 Å². The third-order valence-electron chi connectivity index (χ3n) is 5.72. The first-order valence-electron chi connectivity index (χ1n) is 10.4. The van der Waals surface area contributed by atoms with Crippen LogP contribution in [-0.4, -0.2) is 49.4 Å². The Bertz CT molecular complexity index is 680. The second-order valence-electron chi connectivity index (χ2n) is 8.37. The van der Waals surface area contributed by atoms with Gasteiger partial charge in [-0.1, -0.05) is 25.5 Å². The fraction of sp³-hybridized carbons (Fsp3) is 0.636. The van der Waals surface area contributed by atoms with E-state index in [9.17, 15) is 9.59 Å². The number of rotatable bonds is 5. The van der Waals surface area contributed by atoms with Crippen molar-refractivity contribution in [3.8, 4) is 0 Å². The van der Waals surface area contributed by atoms with Gasteiger partial charge in [-0.2, -0.15) is 0 Å². The number of aryl methyl sites for hydroxylation is 1. The number of carbonyl (C=O) groups excluding carboxylic acids is 2. The van der Waals surface area contributed by atoms with Crippen LogP contribution in [0.5, 0.6) is 0 Å². The Kier molecular flexibility index (Phi) is 6.40. The minimum absolute atomic E-state index is 0.00152. The van der Waals surface area contributed by atoms with Gasteiger partial charge in [0.05, 0.1) is 5.56 Å². The molecule has 0 aliphatic carbocycles. The standard InChI is InChI=1S/C22H33N3O2/c1-16(2)21(26)23-14-18-7-6-12-25(15-18)22(27)19-13-17(3)8-9-20(19)24-10-4-5-11-24/h8-9,13,16,18H,4-7,10-12,14-15H2,1-3H3,(H,23,26). The molecule has 148 valence electrons. The van der Waals surface area contributed by atoms with Gasteiger partial charge in [0.2, 0.25) is 5.91 Å². The summed E-state index contributed by atoms with van der Waals surface area (Å²) >= 11 is 0. The topological polar surface area (TPSA) is 52.7 Å². The first kappa shape index (κ1) is 19.7. The van der Waals surface area contributed by atoms with Crippen molar-refractivity contribution in [1.82, 2.24) is 10.2 Å². The third-order valence-corrected chi connectivity index (χ3v) is 5.72. The van der Waals surface area contributed by atoms with Crippen LogP contribution in [0.4, 0.5) is 5.69 Å². The van der Waals surface area contributed by atoms with Gasteiger partial charge < -0.3 is 15.1 Å². The molecule has 1 unspecified atom stereocenters. The highest BCUT2D eigenvalue weighted by Crippen LogP contribution is 2.28. The van der Waals surface area contributed by atoms with Crippen molar-refractivity contribution in [2.24, 2.45) is 11.8 Å². The van der Waals surface area contributed by atoms with Gasteiger partial charge in [-0.15, -0.1) is 0 Å². The maximum atomic E-state index is 13.3. The van der Waals surface area contributed by atoms with E-state index in [0.717, 1.165) is 55.8 Å². The van der Waals surface area contributed by atoms with Gasteiger partial charge in [-0.25, -0.2) is 0 Å². The zero-order valence-electron chi connectivity index (χ0n) is 17.0. The van der Waals surface area contributed by atoms with Crippen LogP contribution in [0.3, 0.4) is 0 Å². The van der Waals surface area contributed by atoms with Crippen LogP contribution in [0.25, 0.3) is 0 Å². The van der Waals surface area contributed by atoms with Crippen LogP contribution in [0, 0.1) is 18.8 Å². The number of amides is 2. The summed E-state index contributed by atoms with van der Waals surface area (Å²) in [4.78, 5) is 29.5. The van der Waals surface area contributed by atoms with Gasteiger partial charge in [-0.05, 0) is 50.7 Å². The normalized spacial score (nSPS) is 20.2. The Balaban J connectivity index is 1.70. The second kappa shape index (κ2) is 8.77. The minimum Gasteiger partial charge on any atom is -0.371 e. The fourth-order valence-electron chi connectivity index (χ4n) is 4.09. The Labute approximate surface area is 163 Å². The lowest BCUT2D eigenvalue weighted by atomic mass is 9.96. The van der Waals surface area contributed by atoms with Crippen molar-refractivity contribution >= 4 is 17.5 Å². The van der Waals surface area contributed by atoms with Crippen LogP contribution in [0.15, 0.2) is 18.2 Å². The Morgan fingerprint density at radius 1 is 1.15 bits per heavy atom. The molecule has 1 N–H and O–H groups in total. The number of likely N-dealkylation sites (tertiary alicyclic amines) is 1. The molecule has 0 radical (unpaired) electrons. The van der Waals surface area contributed by atoms with Gasteiger partial charge in [0.1, 0.15) is 0 Å². The quantitative estimate of drug-likeness (QED) is 0.865. The van der Waals surface area contributed by atoms with Crippen molar-refractivity contribution in [1.29, 1.82) is 0 Å². The average molecular weight is 372 g/mol. The molecule has 1 aromatic carbocycles. The van der Waals surface area contributed by atoms with Crippen LogP contribution < -0.4 is 10.2 Å². The number of hydrogen-bond acceptors (Lipinski definition) is 3. The molecule has 27 heavy (non-hydrogen) atoms. The molecular formula is C22H33N3O2. The van der Waals surface area contributed by atoms with Crippen molar-refractivity contribution in [3.63, 3.8) is 0 Å². The molecule has 2 aliphatic rings. The van der Waals surface area contributed by atoms with Crippen LogP contribution >= 0.6 is 0 Å². The molecule has 0 spiro atoms. The predicted octanol–water partition coefficient (Wildman–Crippen LogP) is 3.22. The fourth-order valence-corrected chi connectivity index (χ4v) is 4.09. The molecule has 2 fully saturated rings. The summed E-state index contributed by atoms with van der Waals surface area (Å²) in [6.45, 7) is 10.1. The van der Waals surface area contributed by atoms with Crippen molar-refractivity contribution < 1.29 is 9.59 Å². The molecule has 0 aromatic heterocycles. The van der Waals surface area contributed by atoms with E-state index >= 15 is 0 Å². The van der Waals surface area contributed by atoms with E-state index in [1.807, 2.05) is 31.7 Å². The highest BCUT2D eigenvalue weighted by Gasteiger charge is 2.28. The highest BCUT2D eigenvalue weighted by molar-refractivity contribution is 6.00.